The molecule has 3 atom stereocenters. The Bertz CT molecular complexity index is 700. The van der Waals surface area contributed by atoms with Gasteiger partial charge in [0, 0.05) is 6.20 Å². The largest absolute Gasteiger partial charge is 0.373 e. The van der Waals surface area contributed by atoms with Gasteiger partial charge in [0.1, 0.15) is 17.8 Å². The quantitative estimate of drug-likeness (QED) is 0.716. The van der Waals surface area contributed by atoms with Crippen molar-refractivity contribution in [3.8, 4) is 0 Å². The Morgan fingerprint density at radius 2 is 1.73 bits per heavy atom. The van der Waals surface area contributed by atoms with Gasteiger partial charge in [-0.15, -0.1) is 0 Å². The van der Waals surface area contributed by atoms with Crippen LogP contribution in [0.2, 0.25) is 0 Å². The smallest absolute Gasteiger partial charge is 0.320 e. The van der Waals surface area contributed by atoms with Crippen LogP contribution < -0.4 is 5.32 Å². The topological polar surface area (TPSA) is 55.3 Å². The van der Waals surface area contributed by atoms with Crippen LogP contribution in [0.4, 0.5) is 8.78 Å². The predicted molar refractivity (Wildman–Crippen MR) is 114 cm³/mol. The van der Waals surface area contributed by atoms with Crippen LogP contribution in [-0.4, -0.2) is 58.4 Å². The Morgan fingerprint density at radius 1 is 1.13 bits per heavy atom. The summed E-state index contributed by atoms with van der Waals surface area (Å²) in [6.45, 7) is 20.6. The molecule has 8 heteroatoms. The van der Waals surface area contributed by atoms with E-state index < -0.39 is 35.6 Å². The summed E-state index contributed by atoms with van der Waals surface area (Å²) in [7, 11) is 0. The predicted octanol–water partition coefficient (Wildman–Crippen LogP) is 4.43. The Morgan fingerprint density at radius 3 is 2.20 bits per heavy atom. The number of alkyl halides is 2. The average molecular weight is 430 g/mol. The van der Waals surface area contributed by atoms with Crippen LogP contribution in [-0.2, 0) is 14.2 Å². The molecule has 0 bridgehead atoms. The van der Waals surface area contributed by atoms with Gasteiger partial charge in [-0.1, -0.05) is 6.58 Å². The van der Waals surface area contributed by atoms with E-state index in [9.17, 15) is 0 Å². The van der Waals surface area contributed by atoms with Crippen LogP contribution in [0, 0.1) is 0 Å². The van der Waals surface area contributed by atoms with Gasteiger partial charge in [0.05, 0.1) is 23.3 Å². The zero-order chi connectivity index (χ0) is 23.1. The zero-order valence-electron chi connectivity index (χ0n) is 19.7. The first-order valence-electron chi connectivity index (χ1n) is 10.3. The molecule has 2 aliphatic heterocycles. The second-order valence-corrected chi connectivity index (χ2v) is 10.7. The lowest BCUT2D eigenvalue weighted by atomic mass is 10.1. The van der Waals surface area contributed by atoms with Crippen LogP contribution in [0.25, 0.3) is 0 Å². The second kappa shape index (κ2) is 8.20. The van der Waals surface area contributed by atoms with E-state index in [1.807, 2.05) is 41.5 Å². The van der Waals surface area contributed by atoms with E-state index in [0.29, 0.717) is 5.84 Å². The van der Waals surface area contributed by atoms with E-state index >= 15 is 8.78 Å². The molecule has 0 amide bonds. The molecule has 30 heavy (non-hydrogen) atoms. The van der Waals surface area contributed by atoms with E-state index in [2.05, 4.69) is 16.9 Å². The molecule has 0 aromatic heterocycles. The molecular formula is C22H37F2N3O3. The summed E-state index contributed by atoms with van der Waals surface area (Å²) in [4.78, 5) is 5.80. The summed E-state index contributed by atoms with van der Waals surface area (Å²) in [6, 6.07) is 0. The Balaban J connectivity index is 2.30. The molecule has 6 nitrogen and oxygen atoms in total. The molecule has 2 heterocycles. The van der Waals surface area contributed by atoms with Crippen LogP contribution in [0.1, 0.15) is 62.3 Å². The van der Waals surface area contributed by atoms with Gasteiger partial charge in [0.25, 0.3) is 0 Å². The molecule has 1 saturated heterocycles. The minimum absolute atomic E-state index is 0.00940. The van der Waals surface area contributed by atoms with Gasteiger partial charge < -0.3 is 24.4 Å². The normalized spacial score (nSPS) is 28.9. The highest BCUT2D eigenvalue weighted by Crippen LogP contribution is 2.43. The number of halogens is 2. The monoisotopic (exact) mass is 429 g/mol. The number of hydrogen-bond donors (Lipinski definition) is 1. The molecular weight excluding hydrogens is 392 g/mol. The van der Waals surface area contributed by atoms with E-state index in [1.165, 1.54) is 11.1 Å². The maximum Gasteiger partial charge on any atom is 0.320 e. The Hall–Kier alpha value is -1.51. The maximum absolute atomic E-state index is 15.5. The molecule has 1 N–H and O–H groups in total. The summed E-state index contributed by atoms with van der Waals surface area (Å²) in [5.41, 5.74) is -1.58. The molecule has 172 valence electrons. The fraction of sp³-hybridized carbons (Fsp3) is 0.773. The van der Waals surface area contributed by atoms with E-state index in [0.717, 1.165) is 0 Å². The first-order valence-corrected chi connectivity index (χ1v) is 10.3. The number of ether oxygens (including phenoxy) is 3. The van der Waals surface area contributed by atoms with Crippen molar-refractivity contribution in [2.45, 2.75) is 103 Å². The van der Waals surface area contributed by atoms with Crippen molar-refractivity contribution < 1.29 is 23.0 Å². The van der Waals surface area contributed by atoms with Gasteiger partial charge in [0.15, 0.2) is 6.10 Å². The fourth-order valence-corrected chi connectivity index (χ4v) is 3.10. The summed E-state index contributed by atoms with van der Waals surface area (Å²) >= 11 is 0. The van der Waals surface area contributed by atoms with Crippen molar-refractivity contribution in [1.29, 1.82) is 0 Å². The number of nitrogens with zero attached hydrogens (tertiary/aromatic N) is 2. The lowest BCUT2D eigenvalue weighted by Gasteiger charge is -2.36. The van der Waals surface area contributed by atoms with Crippen LogP contribution in [0.5, 0.6) is 0 Å². The fourth-order valence-electron chi connectivity index (χ4n) is 3.10. The number of amidine groups is 1. The Labute approximate surface area is 179 Å². The van der Waals surface area contributed by atoms with E-state index in [-0.39, 0.29) is 18.0 Å². The van der Waals surface area contributed by atoms with Gasteiger partial charge in [-0.05, 0) is 68.4 Å². The van der Waals surface area contributed by atoms with Crippen LogP contribution >= 0.6 is 0 Å². The minimum Gasteiger partial charge on any atom is -0.373 e. The molecule has 2 aliphatic rings. The first-order chi connectivity index (χ1) is 13.4. The molecule has 0 unspecified atom stereocenters. The summed E-state index contributed by atoms with van der Waals surface area (Å²) in [6.07, 6.45) is -0.822. The van der Waals surface area contributed by atoms with Crippen molar-refractivity contribution in [3.05, 3.63) is 24.7 Å². The third-order valence-corrected chi connectivity index (χ3v) is 4.20. The first kappa shape index (κ1) is 24.8. The highest BCUT2D eigenvalue weighted by Gasteiger charge is 2.63. The second-order valence-electron chi connectivity index (χ2n) is 10.7. The van der Waals surface area contributed by atoms with Crippen molar-refractivity contribution in [3.63, 3.8) is 0 Å². The third-order valence-electron chi connectivity index (χ3n) is 4.20. The van der Waals surface area contributed by atoms with E-state index in [1.54, 1.807) is 26.8 Å². The van der Waals surface area contributed by atoms with Crippen molar-refractivity contribution in [2.24, 2.45) is 4.99 Å². The molecule has 0 spiro atoms. The molecule has 0 saturated carbocycles. The summed E-state index contributed by atoms with van der Waals surface area (Å²) in [5, 5.41) is 2.98. The summed E-state index contributed by atoms with van der Waals surface area (Å²) in [5.74, 6) is -2.48. The number of nitrogens with one attached hydrogen (secondary N) is 1. The maximum atomic E-state index is 15.5. The standard InChI is InChI=1S/C22H37F2N3O3/c1-14-25-16(26-19(2,3)4)11-12-27(14)18-22(23,24)17(30-21(8,9)10)15(29-18)13-28-20(5,6)7/h11-12,15,17-18H,1,13H2,2-10H3,(H,25,26)/t15-,17+,18-/m1/s1. The lowest BCUT2D eigenvalue weighted by molar-refractivity contribution is -0.188. The number of rotatable bonds is 4. The third kappa shape index (κ3) is 6.49. The van der Waals surface area contributed by atoms with Crippen LogP contribution in [0.3, 0.4) is 0 Å². The van der Waals surface area contributed by atoms with Crippen molar-refractivity contribution in [1.82, 2.24) is 10.2 Å². The van der Waals surface area contributed by atoms with Gasteiger partial charge in [-0.3, -0.25) is 4.99 Å². The van der Waals surface area contributed by atoms with Gasteiger partial charge in [0.2, 0.25) is 6.23 Å². The molecule has 0 radical (unpaired) electrons. The molecule has 0 aromatic carbocycles. The highest BCUT2D eigenvalue weighted by molar-refractivity contribution is 5.95. The molecule has 2 rings (SSSR count). The number of aliphatic imine (C=N–C) groups is 1. The SMILES string of the molecule is C=C1NC(=NC(C)(C)C)C=CN1[C@@H]1O[C@H](COC(C)(C)C)[C@H](OC(C)(C)C)C1(F)F. The van der Waals surface area contributed by atoms with Crippen molar-refractivity contribution in [2.75, 3.05) is 6.61 Å². The minimum atomic E-state index is -3.30. The van der Waals surface area contributed by atoms with Gasteiger partial charge in [-0.25, -0.2) is 0 Å². The lowest BCUT2D eigenvalue weighted by Crippen LogP contribution is -2.52. The van der Waals surface area contributed by atoms with Crippen LogP contribution in [0.15, 0.2) is 29.7 Å². The zero-order valence-corrected chi connectivity index (χ0v) is 19.7. The molecule has 1 fully saturated rings. The van der Waals surface area contributed by atoms with Gasteiger partial charge >= 0.3 is 5.92 Å². The molecule has 0 aliphatic carbocycles. The molecule has 0 aromatic rings. The Kier molecular flexibility index (Phi) is 6.77. The van der Waals surface area contributed by atoms with E-state index in [4.69, 9.17) is 14.2 Å². The van der Waals surface area contributed by atoms with Gasteiger partial charge in [-0.2, -0.15) is 8.78 Å². The number of hydrogen-bond acceptors (Lipinski definition) is 5. The average Bonchev–Trinajstić information content (AvgIpc) is 2.73. The summed E-state index contributed by atoms with van der Waals surface area (Å²) < 4.78 is 48.4. The van der Waals surface area contributed by atoms with Crippen molar-refractivity contribution >= 4 is 5.84 Å². The highest BCUT2D eigenvalue weighted by atomic mass is 19.3.